The number of carbonyl (C=O) groups is 1. The third-order valence-corrected chi connectivity index (χ3v) is 7.51. The van der Waals surface area contributed by atoms with Crippen molar-refractivity contribution in [2.45, 2.75) is 26.9 Å². The number of thiophene rings is 1. The van der Waals surface area contributed by atoms with Crippen LogP contribution >= 0.6 is 11.3 Å². The number of fused-ring (bicyclic) bond motifs is 1. The van der Waals surface area contributed by atoms with E-state index in [9.17, 15) is 14.4 Å². The standard InChI is InChI=1S/C27H28N4O3S/c1-19-8-9-22(20(2)16-19)31-26(33)25-23(10-15-35-25)30(27(31)34)18-24(32)29-13-11-28(12-14-29)17-21-6-4-3-5-7-21/h3-10,15-16H,11-14,17-18H2,1-2H3. The molecule has 8 heteroatoms. The van der Waals surface area contributed by atoms with Gasteiger partial charge in [-0.1, -0.05) is 48.0 Å². The van der Waals surface area contributed by atoms with E-state index in [1.54, 1.807) is 17.5 Å². The van der Waals surface area contributed by atoms with Gasteiger partial charge in [-0.15, -0.1) is 11.3 Å². The minimum atomic E-state index is -0.482. The molecule has 0 aliphatic carbocycles. The molecule has 0 bridgehead atoms. The van der Waals surface area contributed by atoms with E-state index >= 15 is 0 Å². The van der Waals surface area contributed by atoms with E-state index in [0.717, 1.165) is 30.8 Å². The first-order valence-corrected chi connectivity index (χ1v) is 12.6. The molecule has 35 heavy (non-hydrogen) atoms. The summed E-state index contributed by atoms with van der Waals surface area (Å²) in [4.78, 5) is 44.2. The third kappa shape index (κ3) is 4.59. The van der Waals surface area contributed by atoms with Crippen LogP contribution in [0.3, 0.4) is 0 Å². The van der Waals surface area contributed by atoms with Gasteiger partial charge in [-0.3, -0.25) is 19.1 Å². The zero-order valence-corrected chi connectivity index (χ0v) is 20.8. The molecule has 0 unspecified atom stereocenters. The maximum Gasteiger partial charge on any atom is 0.336 e. The van der Waals surface area contributed by atoms with E-state index in [1.807, 2.05) is 49.1 Å². The zero-order chi connectivity index (χ0) is 24.5. The van der Waals surface area contributed by atoms with Gasteiger partial charge in [0, 0.05) is 32.7 Å². The van der Waals surface area contributed by atoms with Crippen LogP contribution in [0, 0.1) is 13.8 Å². The van der Waals surface area contributed by atoms with Crippen molar-refractivity contribution >= 4 is 27.5 Å². The van der Waals surface area contributed by atoms with Gasteiger partial charge in [0.1, 0.15) is 11.2 Å². The largest absolute Gasteiger partial charge is 0.339 e. The van der Waals surface area contributed by atoms with Crippen molar-refractivity contribution in [3.63, 3.8) is 0 Å². The van der Waals surface area contributed by atoms with Gasteiger partial charge in [-0.2, -0.15) is 0 Å². The maximum atomic E-state index is 13.6. The Morgan fingerprint density at radius 1 is 0.943 bits per heavy atom. The number of carbonyl (C=O) groups excluding carboxylic acids is 1. The lowest BCUT2D eigenvalue weighted by Gasteiger charge is -2.35. The topological polar surface area (TPSA) is 67.6 Å². The Hall–Kier alpha value is -3.49. The Balaban J connectivity index is 1.40. The van der Waals surface area contributed by atoms with E-state index in [0.29, 0.717) is 29.0 Å². The van der Waals surface area contributed by atoms with E-state index < -0.39 is 5.69 Å². The first-order valence-electron chi connectivity index (χ1n) is 11.8. The molecular weight excluding hydrogens is 460 g/mol. The van der Waals surface area contributed by atoms with Crippen LogP contribution in [0.1, 0.15) is 16.7 Å². The van der Waals surface area contributed by atoms with Gasteiger partial charge < -0.3 is 4.90 Å². The fourth-order valence-electron chi connectivity index (χ4n) is 4.74. The van der Waals surface area contributed by atoms with Crippen LogP contribution in [-0.2, 0) is 17.9 Å². The van der Waals surface area contributed by atoms with Crippen molar-refractivity contribution in [3.8, 4) is 5.69 Å². The number of amides is 1. The van der Waals surface area contributed by atoms with E-state index in [2.05, 4.69) is 17.0 Å². The van der Waals surface area contributed by atoms with Crippen LogP contribution in [0.2, 0.25) is 0 Å². The van der Waals surface area contributed by atoms with Crippen LogP contribution < -0.4 is 11.2 Å². The molecule has 180 valence electrons. The molecule has 1 saturated heterocycles. The Bertz CT molecular complexity index is 1490. The average molecular weight is 489 g/mol. The first-order chi connectivity index (χ1) is 16.9. The van der Waals surface area contributed by atoms with Crippen molar-refractivity contribution in [1.29, 1.82) is 0 Å². The summed E-state index contributed by atoms with van der Waals surface area (Å²) in [6.07, 6.45) is 0. The summed E-state index contributed by atoms with van der Waals surface area (Å²) in [5.41, 5.74) is 3.39. The minimum absolute atomic E-state index is 0.0874. The van der Waals surface area contributed by atoms with Gasteiger partial charge in [-0.05, 0) is 42.5 Å². The summed E-state index contributed by atoms with van der Waals surface area (Å²) in [6.45, 7) is 7.43. The summed E-state index contributed by atoms with van der Waals surface area (Å²) in [5, 5.41) is 1.79. The highest BCUT2D eigenvalue weighted by Crippen LogP contribution is 2.19. The molecule has 1 fully saturated rings. The van der Waals surface area contributed by atoms with Gasteiger partial charge in [0.2, 0.25) is 5.91 Å². The van der Waals surface area contributed by atoms with E-state index in [4.69, 9.17) is 0 Å². The number of rotatable bonds is 5. The SMILES string of the molecule is Cc1ccc(-n2c(=O)c3sccc3n(CC(=O)N3CCN(Cc4ccccc4)CC3)c2=O)c(C)c1. The quantitative estimate of drug-likeness (QED) is 0.433. The van der Waals surface area contributed by atoms with Crippen molar-refractivity contribution < 1.29 is 4.79 Å². The fraction of sp³-hybridized carbons (Fsp3) is 0.296. The second-order valence-corrected chi connectivity index (χ2v) is 9.99. The molecule has 3 heterocycles. The molecule has 7 nitrogen and oxygen atoms in total. The van der Waals surface area contributed by atoms with Crippen LogP contribution in [0.15, 0.2) is 69.6 Å². The summed E-state index contributed by atoms with van der Waals surface area (Å²) in [5.74, 6) is -0.107. The summed E-state index contributed by atoms with van der Waals surface area (Å²) >= 11 is 1.29. The first kappa shape index (κ1) is 23.3. The number of piperazine rings is 1. The second-order valence-electron chi connectivity index (χ2n) is 9.08. The molecule has 0 N–H and O–H groups in total. The Morgan fingerprint density at radius 3 is 2.40 bits per heavy atom. The van der Waals surface area contributed by atoms with Crippen molar-refractivity contribution in [3.05, 3.63) is 97.5 Å². The van der Waals surface area contributed by atoms with Crippen molar-refractivity contribution in [1.82, 2.24) is 18.9 Å². The molecule has 0 saturated carbocycles. The summed E-state index contributed by atoms with van der Waals surface area (Å²) in [7, 11) is 0. The number of nitrogens with zero attached hydrogens (tertiary/aromatic N) is 4. The smallest absolute Gasteiger partial charge is 0.336 e. The fourth-order valence-corrected chi connectivity index (χ4v) is 5.57. The lowest BCUT2D eigenvalue weighted by Crippen LogP contribution is -2.50. The van der Waals surface area contributed by atoms with Gasteiger partial charge in [0.05, 0.1) is 11.2 Å². The molecule has 5 rings (SSSR count). The third-order valence-electron chi connectivity index (χ3n) is 6.62. The maximum absolute atomic E-state index is 13.6. The normalized spacial score (nSPS) is 14.5. The highest BCUT2D eigenvalue weighted by atomic mass is 32.1. The lowest BCUT2D eigenvalue weighted by atomic mass is 10.1. The lowest BCUT2D eigenvalue weighted by molar-refractivity contribution is -0.133. The molecule has 4 aromatic rings. The average Bonchev–Trinajstić information content (AvgIpc) is 3.34. The minimum Gasteiger partial charge on any atom is -0.339 e. The molecule has 0 radical (unpaired) electrons. The summed E-state index contributed by atoms with van der Waals surface area (Å²) in [6, 6.07) is 17.7. The molecule has 2 aromatic heterocycles. The highest BCUT2D eigenvalue weighted by molar-refractivity contribution is 7.17. The van der Waals surface area contributed by atoms with E-state index in [1.165, 1.54) is 26.0 Å². The Morgan fingerprint density at radius 2 is 1.69 bits per heavy atom. The molecular formula is C27H28N4O3S. The second kappa shape index (κ2) is 9.64. The molecule has 1 amide bonds. The Kier molecular flexibility index (Phi) is 6.40. The number of benzene rings is 2. The van der Waals surface area contributed by atoms with Gasteiger partial charge in [0.15, 0.2) is 0 Å². The molecule has 1 aliphatic rings. The monoisotopic (exact) mass is 488 g/mol. The predicted octanol–water partition coefficient (Wildman–Crippen LogP) is 3.18. The molecule has 0 atom stereocenters. The zero-order valence-electron chi connectivity index (χ0n) is 19.9. The van der Waals surface area contributed by atoms with Crippen molar-refractivity contribution in [2.75, 3.05) is 26.2 Å². The van der Waals surface area contributed by atoms with Crippen LogP contribution in [-0.4, -0.2) is 51.0 Å². The van der Waals surface area contributed by atoms with Crippen LogP contribution in [0.5, 0.6) is 0 Å². The number of hydrogen-bond donors (Lipinski definition) is 0. The molecule has 2 aromatic carbocycles. The van der Waals surface area contributed by atoms with Gasteiger partial charge >= 0.3 is 5.69 Å². The number of hydrogen-bond acceptors (Lipinski definition) is 5. The van der Waals surface area contributed by atoms with Gasteiger partial charge in [0.25, 0.3) is 5.56 Å². The molecule has 0 spiro atoms. The highest BCUT2D eigenvalue weighted by Gasteiger charge is 2.24. The van der Waals surface area contributed by atoms with Crippen molar-refractivity contribution in [2.24, 2.45) is 0 Å². The predicted molar refractivity (Wildman–Crippen MR) is 139 cm³/mol. The summed E-state index contributed by atoms with van der Waals surface area (Å²) < 4.78 is 3.13. The van der Waals surface area contributed by atoms with E-state index in [-0.39, 0.29) is 18.0 Å². The van der Waals surface area contributed by atoms with Crippen LogP contribution in [0.4, 0.5) is 0 Å². The number of aryl methyl sites for hydroxylation is 2. The molecule has 1 aliphatic heterocycles. The van der Waals surface area contributed by atoms with Gasteiger partial charge in [-0.25, -0.2) is 9.36 Å². The number of aromatic nitrogens is 2. The Labute approximate surface area is 207 Å². The van der Waals surface area contributed by atoms with Crippen LogP contribution in [0.25, 0.3) is 15.9 Å².